The first-order valence-corrected chi connectivity index (χ1v) is 9.88. The summed E-state index contributed by atoms with van der Waals surface area (Å²) in [5.41, 5.74) is 0.681. The Labute approximate surface area is 167 Å². The van der Waals surface area contributed by atoms with Crippen molar-refractivity contribution in [2.75, 3.05) is 11.9 Å². The highest BCUT2D eigenvalue weighted by molar-refractivity contribution is 7.13. The van der Waals surface area contributed by atoms with E-state index in [4.69, 9.17) is 14.5 Å². The van der Waals surface area contributed by atoms with Crippen LogP contribution in [0.4, 0.5) is 5.69 Å². The van der Waals surface area contributed by atoms with E-state index in [-0.39, 0.29) is 5.91 Å². The van der Waals surface area contributed by atoms with E-state index in [0.29, 0.717) is 61.9 Å². The standard InChI is InChI=1S/C20H20N4O3S/c21-11-1-2-12-26-16-7-3-6-15(14-16)22-18(25)9-4-10-19-23-20(24-27-19)17-8-5-13-28-17/h3,5-8,13-14H,1-2,4,9-10,12H2,(H,22,25). The lowest BCUT2D eigenvalue weighted by molar-refractivity contribution is -0.116. The molecule has 1 amide bonds. The molecule has 8 heteroatoms. The highest BCUT2D eigenvalue weighted by Gasteiger charge is 2.10. The number of ether oxygens (including phenoxy) is 1. The van der Waals surface area contributed by atoms with Gasteiger partial charge in [0.25, 0.3) is 0 Å². The number of carbonyl (C=O) groups excluding carboxylic acids is 1. The Morgan fingerprint density at radius 2 is 2.21 bits per heavy atom. The number of amides is 1. The summed E-state index contributed by atoms with van der Waals surface area (Å²) in [6.45, 7) is 0.475. The molecule has 7 nitrogen and oxygen atoms in total. The van der Waals surface area contributed by atoms with Crippen LogP contribution in [0, 0.1) is 11.3 Å². The summed E-state index contributed by atoms with van der Waals surface area (Å²) in [6.07, 6.45) is 2.66. The number of aromatic nitrogens is 2. The summed E-state index contributed by atoms with van der Waals surface area (Å²) in [6, 6.07) is 13.2. The van der Waals surface area contributed by atoms with E-state index in [1.165, 1.54) is 0 Å². The van der Waals surface area contributed by atoms with E-state index in [9.17, 15) is 4.79 Å². The molecule has 2 heterocycles. The number of nitrogens with zero attached hydrogens (tertiary/aromatic N) is 3. The molecule has 1 N–H and O–H groups in total. The Hall–Kier alpha value is -3.18. The van der Waals surface area contributed by atoms with Gasteiger partial charge in [-0.05, 0) is 36.4 Å². The van der Waals surface area contributed by atoms with Crippen LogP contribution in [0.5, 0.6) is 5.75 Å². The molecule has 2 aromatic heterocycles. The van der Waals surface area contributed by atoms with E-state index in [2.05, 4.69) is 21.5 Å². The fourth-order valence-electron chi connectivity index (χ4n) is 2.49. The van der Waals surface area contributed by atoms with Crippen LogP contribution >= 0.6 is 11.3 Å². The van der Waals surface area contributed by atoms with E-state index < -0.39 is 0 Å². The molecular weight excluding hydrogens is 376 g/mol. The van der Waals surface area contributed by atoms with Crippen LogP contribution in [0.25, 0.3) is 10.7 Å². The predicted molar refractivity (Wildman–Crippen MR) is 106 cm³/mol. The molecule has 0 fully saturated rings. The van der Waals surface area contributed by atoms with Crippen molar-refractivity contribution in [2.24, 2.45) is 0 Å². The quantitative estimate of drug-likeness (QED) is 0.508. The molecule has 0 aliphatic rings. The number of nitriles is 1. The van der Waals surface area contributed by atoms with Gasteiger partial charge in [0.15, 0.2) is 0 Å². The Morgan fingerprint density at radius 1 is 1.29 bits per heavy atom. The van der Waals surface area contributed by atoms with Crippen molar-refractivity contribution in [1.82, 2.24) is 10.1 Å². The van der Waals surface area contributed by atoms with Crippen LogP contribution in [0.3, 0.4) is 0 Å². The van der Waals surface area contributed by atoms with Crippen molar-refractivity contribution in [3.8, 4) is 22.5 Å². The monoisotopic (exact) mass is 396 g/mol. The highest BCUT2D eigenvalue weighted by atomic mass is 32.1. The van der Waals surface area contributed by atoms with E-state index in [1.807, 2.05) is 35.7 Å². The summed E-state index contributed by atoms with van der Waals surface area (Å²) < 4.78 is 10.8. The van der Waals surface area contributed by atoms with Gasteiger partial charge >= 0.3 is 0 Å². The third-order valence-electron chi connectivity index (χ3n) is 3.82. The number of unbranched alkanes of at least 4 members (excludes halogenated alkanes) is 1. The number of aryl methyl sites for hydroxylation is 1. The first-order valence-electron chi connectivity index (χ1n) is 9.01. The molecule has 0 saturated carbocycles. The lowest BCUT2D eigenvalue weighted by Crippen LogP contribution is -2.11. The minimum absolute atomic E-state index is 0.0837. The molecule has 3 rings (SSSR count). The zero-order valence-corrected chi connectivity index (χ0v) is 16.1. The van der Waals surface area contributed by atoms with Crippen LogP contribution < -0.4 is 10.1 Å². The van der Waals surface area contributed by atoms with Gasteiger partial charge in [0.05, 0.1) is 17.6 Å². The summed E-state index contributed by atoms with van der Waals surface area (Å²) in [5, 5.41) is 17.3. The van der Waals surface area contributed by atoms with Gasteiger partial charge in [-0.25, -0.2) is 0 Å². The fourth-order valence-corrected chi connectivity index (χ4v) is 3.14. The predicted octanol–water partition coefficient (Wildman–Crippen LogP) is 4.44. The molecule has 0 radical (unpaired) electrons. The molecule has 0 saturated heterocycles. The molecule has 0 spiro atoms. The Balaban J connectivity index is 1.41. The number of carbonyl (C=O) groups is 1. The number of hydrogen-bond acceptors (Lipinski definition) is 7. The Morgan fingerprint density at radius 3 is 3.04 bits per heavy atom. The third-order valence-corrected chi connectivity index (χ3v) is 4.69. The highest BCUT2D eigenvalue weighted by Crippen LogP contribution is 2.22. The SMILES string of the molecule is N#CCCCOc1cccc(NC(=O)CCCc2nc(-c3cccs3)no2)c1. The van der Waals surface area contributed by atoms with Crippen LogP contribution in [-0.2, 0) is 11.2 Å². The smallest absolute Gasteiger partial charge is 0.226 e. The summed E-state index contributed by atoms with van der Waals surface area (Å²) in [5.74, 6) is 1.70. The first-order chi connectivity index (χ1) is 13.7. The zero-order chi connectivity index (χ0) is 19.6. The van der Waals surface area contributed by atoms with Gasteiger partial charge in [-0.2, -0.15) is 10.2 Å². The molecule has 0 aliphatic carbocycles. The molecule has 0 atom stereocenters. The van der Waals surface area contributed by atoms with Crippen molar-refractivity contribution in [1.29, 1.82) is 5.26 Å². The van der Waals surface area contributed by atoms with E-state index >= 15 is 0 Å². The van der Waals surface area contributed by atoms with E-state index in [1.54, 1.807) is 17.4 Å². The van der Waals surface area contributed by atoms with Gasteiger partial charge in [0.1, 0.15) is 5.75 Å². The molecule has 0 bridgehead atoms. The maximum Gasteiger partial charge on any atom is 0.226 e. The van der Waals surface area contributed by atoms with Crippen LogP contribution in [-0.4, -0.2) is 22.7 Å². The summed E-state index contributed by atoms with van der Waals surface area (Å²) in [7, 11) is 0. The summed E-state index contributed by atoms with van der Waals surface area (Å²) in [4.78, 5) is 17.5. The van der Waals surface area contributed by atoms with Crippen LogP contribution in [0.1, 0.15) is 31.6 Å². The molecular formula is C20H20N4O3S. The topological polar surface area (TPSA) is 101 Å². The van der Waals surface area contributed by atoms with Gasteiger partial charge in [-0.15, -0.1) is 11.3 Å². The molecule has 0 unspecified atom stereocenters. The number of nitrogens with one attached hydrogen (secondary N) is 1. The maximum atomic E-state index is 12.2. The van der Waals surface area contributed by atoms with Crippen molar-refractivity contribution in [3.63, 3.8) is 0 Å². The average Bonchev–Trinajstić information content (AvgIpc) is 3.37. The van der Waals surface area contributed by atoms with Crippen LogP contribution in [0.2, 0.25) is 0 Å². The zero-order valence-electron chi connectivity index (χ0n) is 15.3. The largest absolute Gasteiger partial charge is 0.493 e. The minimum Gasteiger partial charge on any atom is -0.493 e. The first kappa shape index (κ1) is 19.6. The number of rotatable bonds is 10. The van der Waals surface area contributed by atoms with Gasteiger partial charge in [-0.3, -0.25) is 4.79 Å². The lowest BCUT2D eigenvalue weighted by Gasteiger charge is -2.08. The molecule has 144 valence electrons. The molecule has 28 heavy (non-hydrogen) atoms. The van der Waals surface area contributed by atoms with Gasteiger partial charge in [-0.1, -0.05) is 17.3 Å². The second-order valence-corrected chi connectivity index (χ2v) is 6.98. The maximum absolute atomic E-state index is 12.2. The van der Waals surface area contributed by atoms with Gasteiger partial charge in [0.2, 0.25) is 17.6 Å². The van der Waals surface area contributed by atoms with Gasteiger partial charge < -0.3 is 14.6 Å². The minimum atomic E-state index is -0.0837. The van der Waals surface area contributed by atoms with Crippen molar-refractivity contribution in [2.45, 2.75) is 32.1 Å². The number of thiophene rings is 1. The number of anilines is 1. The fraction of sp³-hybridized carbons (Fsp3) is 0.300. The Bertz CT molecular complexity index is 931. The second kappa shape index (κ2) is 10.2. The lowest BCUT2D eigenvalue weighted by atomic mass is 10.2. The third kappa shape index (κ3) is 5.93. The van der Waals surface area contributed by atoms with Crippen molar-refractivity contribution < 1.29 is 14.1 Å². The average molecular weight is 396 g/mol. The van der Waals surface area contributed by atoms with Crippen LogP contribution in [0.15, 0.2) is 46.3 Å². The van der Waals surface area contributed by atoms with E-state index in [0.717, 1.165) is 4.88 Å². The molecule has 0 aliphatic heterocycles. The number of benzene rings is 1. The van der Waals surface area contributed by atoms with Crippen molar-refractivity contribution in [3.05, 3.63) is 47.7 Å². The molecule has 3 aromatic rings. The molecule has 1 aromatic carbocycles. The number of hydrogen-bond donors (Lipinski definition) is 1. The van der Waals surface area contributed by atoms with Gasteiger partial charge in [0, 0.05) is 31.0 Å². The normalized spacial score (nSPS) is 10.4. The Kier molecular flexibility index (Phi) is 7.15. The van der Waals surface area contributed by atoms with Crippen molar-refractivity contribution >= 4 is 22.9 Å². The second-order valence-electron chi connectivity index (χ2n) is 6.03. The summed E-state index contributed by atoms with van der Waals surface area (Å²) >= 11 is 1.55.